The molecule has 452 valence electrons. The number of anilines is 3. The summed E-state index contributed by atoms with van der Waals surface area (Å²) >= 11 is 0.0471. The van der Waals surface area contributed by atoms with Gasteiger partial charge in [-0.05, 0) is 76.6 Å². The highest BCUT2D eigenvalue weighted by atomic mass is 32.3. The Morgan fingerprint density at radius 3 is 1.85 bits per heavy atom. The van der Waals surface area contributed by atoms with Crippen molar-refractivity contribution < 1.29 is 62.9 Å². The van der Waals surface area contributed by atoms with Crippen LogP contribution in [-0.2, 0) is 43.8 Å². The van der Waals surface area contributed by atoms with Gasteiger partial charge >= 0.3 is 5.97 Å². The number of amides is 1. The molecule has 0 fully saturated rings. The third-order valence-corrected chi connectivity index (χ3v) is 19.4. The van der Waals surface area contributed by atoms with Crippen LogP contribution in [0.3, 0.4) is 0 Å². The van der Waals surface area contributed by atoms with Gasteiger partial charge in [-0.25, -0.2) is 39.2 Å². The molecule has 2 unspecified atom stereocenters. The van der Waals surface area contributed by atoms with E-state index < -0.39 is 93.1 Å². The Labute approximate surface area is 495 Å². The lowest BCUT2D eigenvalue weighted by molar-refractivity contribution is -0.149. The molecule has 0 radical (unpaired) electrons. The van der Waals surface area contributed by atoms with Crippen LogP contribution >= 0.6 is 11.8 Å². The maximum Gasteiger partial charge on any atom is 0.329 e. The fourth-order valence-corrected chi connectivity index (χ4v) is 13.8. The van der Waals surface area contributed by atoms with Crippen molar-refractivity contribution in [3.63, 3.8) is 0 Å². The van der Waals surface area contributed by atoms with Crippen molar-refractivity contribution >= 4 is 66.3 Å². The standard InChI is InChI=1S/C63H74F4N4O10S3/c1-13-63(10,11)62(73)70-48(61(72)80-31-30-79-29-28-78-12)34-82-59-53(64)55(66)60(56(67)54(59)65)84(76,77)71-83(74,75)51-23-15-14-18-47(51)52-45-26-24-39(68-57-41(35(2)3)19-16-20-42(57)36(4)5)32-49(45)81-50-33-40(25-27-46(50)52)69-58-43(37(6)7)21-17-22-44(58)38(8)9/h14-27,32-33,35-39,48,68-69,71H,13,28-31,34H2,1-12H3,(H,70,73). The number of esters is 1. The summed E-state index contributed by atoms with van der Waals surface area (Å²) in [6, 6.07) is 20.9. The predicted octanol–water partition coefficient (Wildman–Crippen LogP) is 13.5. The van der Waals surface area contributed by atoms with E-state index in [-0.39, 0.29) is 73.0 Å². The monoisotopic (exact) mass is 1220 g/mol. The molecular weight excluding hydrogens is 1140 g/mol. The molecule has 1 amide bonds. The SMILES string of the molecule is CCC(C)(C)C(=O)NC(CSc1c(F)c(F)c(S(=O)(=O)NS(=O)(=O)c2ccccc2C2=C3C=CC(Nc4c(C(C)C)cccc4C(C)C)C=C3Oc3cc(Nc4c(C(C)C)cccc4C(C)C)ccc32)c(F)c1F)C(=O)OCCOCCOC. The second-order valence-corrected chi connectivity index (χ2v) is 26.9. The Morgan fingerprint density at radius 1 is 0.702 bits per heavy atom. The normalized spacial score (nSPS) is 14.8. The fourth-order valence-electron chi connectivity index (χ4n) is 9.63. The smallest absolute Gasteiger partial charge is 0.329 e. The highest BCUT2D eigenvalue weighted by Crippen LogP contribution is 2.47. The lowest BCUT2D eigenvalue weighted by Gasteiger charge is -2.31. The second-order valence-electron chi connectivity index (χ2n) is 22.4. The van der Waals surface area contributed by atoms with E-state index >= 15 is 17.6 Å². The number of hydrogen-bond acceptors (Lipinski definition) is 13. The number of fused-ring (bicyclic) bond motifs is 2. The van der Waals surface area contributed by atoms with Gasteiger partial charge in [-0.3, -0.25) is 4.79 Å². The van der Waals surface area contributed by atoms with Crippen LogP contribution in [0.2, 0.25) is 0 Å². The molecule has 0 saturated heterocycles. The van der Waals surface area contributed by atoms with Gasteiger partial charge in [0, 0.05) is 63.7 Å². The van der Waals surface area contributed by atoms with Gasteiger partial charge in [0.05, 0.1) is 35.7 Å². The van der Waals surface area contributed by atoms with Gasteiger partial charge in [-0.1, -0.05) is 143 Å². The summed E-state index contributed by atoms with van der Waals surface area (Å²) in [5.74, 6) is -10.5. The van der Waals surface area contributed by atoms with E-state index in [2.05, 4.69) is 95.6 Å². The van der Waals surface area contributed by atoms with Gasteiger partial charge in [-0.2, -0.15) is 0 Å². The molecule has 84 heavy (non-hydrogen) atoms. The zero-order valence-corrected chi connectivity index (χ0v) is 51.7. The van der Waals surface area contributed by atoms with Crippen LogP contribution in [0.5, 0.6) is 5.75 Å². The quantitative estimate of drug-likeness (QED) is 0.0135. The molecule has 5 aromatic carbocycles. The molecule has 4 N–H and O–H groups in total. The first-order valence-electron chi connectivity index (χ1n) is 27.8. The van der Waals surface area contributed by atoms with E-state index in [1.807, 2.05) is 24.3 Å². The number of para-hydroxylation sites is 2. The molecule has 5 aromatic rings. The topological polar surface area (TPSA) is 187 Å². The lowest BCUT2D eigenvalue weighted by Crippen LogP contribution is -2.48. The molecular formula is C63H74F4N4O10S3. The molecule has 1 aliphatic heterocycles. The van der Waals surface area contributed by atoms with Crippen LogP contribution in [0.4, 0.5) is 34.6 Å². The maximum atomic E-state index is 16.2. The van der Waals surface area contributed by atoms with E-state index in [4.69, 9.17) is 18.9 Å². The minimum Gasteiger partial charge on any atom is -0.462 e. The summed E-state index contributed by atoms with van der Waals surface area (Å²) in [4.78, 5) is 22.1. The highest BCUT2D eigenvalue weighted by Gasteiger charge is 2.39. The van der Waals surface area contributed by atoms with Crippen molar-refractivity contribution in [1.29, 1.82) is 0 Å². The average molecular weight is 1220 g/mol. The lowest BCUT2D eigenvalue weighted by atomic mass is 9.86. The van der Waals surface area contributed by atoms with Gasteiger partial charge in [0.15, 0.2) is 28.2 Å². The molecule has 1 heterocycles. The van der Waals surface area contributed by atoms with E-state index in [0.29, 0.717) is 34.8 Å². The van der Waals surface area contributed by atoms with Crippen LogP contribution in [0, 0.1) is 28.7 Å². The van der Waals surface area contributed by atoms with Crippen molar-refractivity contribution in [1.82, 2.24) is 9.44 Å². The van der Waals surface area contributed by atoms with Crippen molar-refractivity contribution in [2.75, 3.05) is 49.9 Å². The molecule has 0 bridgehead atoms. The summed E-state index contributed by atoms with van der Waals surface area (Å²) in [7, 11) is -10.0. The van der Waals surface area contributed by atoms with Gasteiger partial charge < -0.3 is 34.9 Å². The van der Waals surface area contributed by atoms with Gasteiger partial charge in [-0.15, -0.1) is 15.9 Å². The number of methoxy groups -OCH3 is 1. The first kappa shape index (κ1) is 65.1. The van der Waals surface area contributed by atoms with Crippen molar-refractivity contribution in [3.8, 4) is 5.75 Å². The molecule has 21 heteroatoms. The molecule has 0 spiro atoms. The Hall–Kier alpha value is -6.49. The Kier molecular flexibility index (Phi) is 21.1. The maximum absolute atomic E-state index is 16.2. The summed E-state index contributed by atoms with van der Waals surface area (Å²) < 4.78 is 146. The van der Waals surface area contributed by atoms with Gasteiger partial charge in [0.25, 0.3) is 20.0 Å². The minimum absolute atomic E-state index is 0.0471. The number of ether oxygens (including phenoxy) is 4. The number of thioether (sulfide) groups is 1. The van der Waals surface area contributed by atoms with E-state index in [1.165, 1.54) is 29.4 Å². The number of carbonyl (C=O) groups excluding carboxylic acids is 2. The number of carbonyl (C=O) groups is 2. The molecule has 7 rings (SSSR count). The van der Waals surface area contributed by atoms with E-state index in [9.17, 15) is 26.4 Å². The number of rotatable bonds is 26. The molecule has 14 nitrogen and oxygen atoms in total. The summed E-state index contributed by atoms with van der Waals surface area (Å²) in [5, 5.41) is 9.78. The Bertz CT molecular complexity index is 3540. The van der Waals surface area contributed by atoms with Gasteiger partial charge in [0.1, 0.15) is 24.2 Å². The minimum atomic E-state index is -6.04. The van der Waals surface area contributed by atoms with Crippen LogP contribution in [0.1, 0.15) is 140 Å². The van der Waals surface area contributed by atoms with E-state index in [1.54, 1.807) is 45.0 Å². The first-order valence-corrected chi connectivity index (χ1v) is 31.8. The Morgan fingerprint density at radius 2 is 1.27 bits per heavy atom. The number of nitrogens with one attached hydrogen (secondary N) is 4. The van der Waals surface area contributed by atoms with Crippen LogP contribution in [-0.4, -0.2) is 80.1 Å². The van der Waals surface area contributed by atoms with Crippen molar-refractivity contribution in [2.24, 2.45) is 5.41 Å². The van der Waals surface area contributed by atoms with Crippen molar-refractivity contribution in [2.45, 2.75) is 133 Å². The van der Waals surface area contributed by atoms with Crippen LogP contribution in [0.15, 0.2) is 123 Å². The number of hydrogen-bond donors (Lipinski definition) is 4. The summed E-state index contributed by atoms with van der Waals surface area (Å²) in [6.07, 6.45) is 5.82. The fraction of sp³-hybridized carbons (Fsp3) is 0.397. The Balaban J connectivity index is 1.27. The zero-order chi connectivity index (χ0) is 61.6. The molecule has 2 atom stereocenters. The molecule has 2 aliphatic rings. The number of benzene rings is 5. The number of sulfonamides is 2. The predicted molar refractivity (Wildman–Crippen MR) is 321 cm³/mol. The third kappa shape index (κ3) is 14.4. The average Bonchev–Trinajstić information content (AvgIpc) is 2.42. The molecule has 1 aliphatic carbocycles. The van der Waals surface area contributed by atoms with Gasteiger partial charge in [0.2, 0.25) is 5.91 Å². The van der Waals surface area contributed by atoms with Crippen LogP contribution < -0.4 is 24.8 Å². The van der Waals surface area contributed by atoms with Crippen LogP contribution in [0.25, 0.3) is 5.57 Å². The molecule has 0 aromatic heterocycles. The highest BCUT2D eigenvalue weighted by molar-refractivity contribution is 8.04. The zero-order valence-electron chi connectivity index (χ0n) is 49.3. The summed E-state index contributed by atoms with van der Waals surface area (Å²) in [5.41, 5.74) is 6.87. The van der Waals surface area contributed by atoms with Crippen molar-refractivity contribution in [3.05, 3.63) is 165 Å². The first-order chi connectivity index (χ1) is 39.6. The second kappa shape index (κ2) is 27.3. The number of halogens is 4. The summed E-state index contributed by atoms with van der Waals surface area (Å²) in [6.45, 7) is 21.8. The largest absolute Gasteiger partial charge is 0.462 e. The number of allylic oxidation sites excluding steroid dienone is 1. The van der Waals surface area contributed by atoms with E-state index in [0.717, 1.165) is 39.7 Å². The molecule has 0 saturated carbocycles. The third-order valence-electron chi connectivity index (χ3n) is 14.6.